The number of carbonyl (C=O) groups excluding carboxylic acids is 1. The van der Waals surface area contributed by atoms with Gasteiger partial charge in [-0.15, -0.1) is 0 Å². The van der Waals surface area contributed by atoms with E-state index in [0.717, 1.165) is 43.0 Å². The predicted octanol–water partition coefficient (Wildman–Crippen LogP) is 3.47. The molecule has 1 amide bonds. The van der Waals surface area contributed by atoms with Gasteiger partial charge in [-0.05, 0) is 37.3 Å². The summed E-state index contributed by atoms with van der Waals surface area (Å²) in [5, 5.41) is 0. The Morgan fingerprint density at radius 1 is 1.09 bits per heavy atom. The Morgan fingerprint density at radius 3 is 2.64 bits per heavy atom. The summed E-state index contributed by atoms with van der Waals surface area (Å²) in [6.07, 6.45) is 6.66. The van der Waals surface area contributed by atoms with Gasteiger partial charge in [0, 0.05) is 43.1 Å². The quantitative estimate of drug-likeness (QED) is 0.816. The van der Waals surface area contributed by atoms with Crippen LogP contribution in [0.4, 0.5) is 0 Å². The minimum Gasteiger partial charge on any atom is -0.341 e. The molecule has 0 atom stereocenters. The molecule has 1 aliphatic carbocycles. The van der Waals surface area contributed by atoms with Crippen LogP contribution in [-0.4, -0.2) is 47.9 Å². The average Bonchev–Trinajstić information content (AvgIpc) is 2.70. The molecule has 1 saturated carbocycles. The second-order valence-electron chi connectivity index (χ2n) is 6.45. The Morgan fingerprint density at radius 2 is 1.91 bits per heavy atom. The van der Waals surface area contributed by atoms with Crippen LogP contribution >= 0.6 is 15.9 Å². The van der Waals surface area contributed by atoms with Crippen molar-refractivity contribution in [3.8, 4) is 0 Å². The molecule has 1 aliphatic heterocycles. The molecule has 2 fully saturated rings. The van der Waals surface area contributed by atoms with E-state index in [1.165, 1.54) is 31.4 Å². The maximum atomic E-state index is 12.5. The molecule has 1 heterocycles. The van der Waals surface area contributed by atoms with Crippen LogP contribution in [0.1, 0.15) is 37.7 Å². The highest BCUT2D eigenvalue weighted by Gasteiger charge is 2.27. The average molecular weight is 365 g/mol. The lowest BCUT2D eigenvalue weighted by atomic mass is 9.91. The Kier molecular flexibility index (Phi) is 5.53. The fourth-order valence-electron chi connectivity index (χ4n) is 3.40. The van der Waals surface area contributed by atoms with Crippen molar-refractivity contribution in [2.75, 3.05) is 26.2 Å². The smallest absolute Gasteiger partial charge is 0.222 e. The number of halogens is 1. The number of benzene rings is 1. The Labute approximate surface area is 141 Å². The lowest BCUT2D eigenvalue weighted by Crippen LogP contribution is -2.42. The van der Waals surface area contributed by atoms with Crippen LogP contribution in [-0.2, 0) is 11.2 Å². The normalized spacial score (nSPS) is 20.5. The highest BCUT2D eigenvalue weighted by atomic mass is 79.9. The van der Waals surface area contributed by atoms with Crippen molar-refractivity contribution >= 4 is 21.8 Å². The number of carbonyl (C=O) groups is 1. The first-order chi connectivity index (χ1) is 10.7. The van der Waals surface area contributed by atoms with E-state index in [1.54, 1.807) is 0 Å². The summed E-state index contributed by atoms with van der Waals surface area (Å²) in [7, 11) is 0. The summed E-state index contributed by atoms with van der Waals surface area (Å²) in [5.41, 5.74) is 1.22. The van der Waals surface area contributed by atoms with Gasteiger partial charge in [0.15, 0.2) is 0 Å². The predicted molar refractivity (Wildman–Crippen MR) is 92.9 cm³/mol. The van der Waals surface area contributed by atoms with Crippen LogP contribution in [0.5, 0.6) is 0 Å². The first-order valence-corrected chi connectivity index (χ1v) is 9.28. The fraction of sp³-hybridized carbons (Fsp3) is 0.611. The van der Waals surface area contributed by atoms with Gasteiger partial charge in [-0.3, -0.25) is 9.69 Å². The van der Waals surface area contributed by atoms with E-state index >= 15 is 0 Å². The van der Waals surface area contributed by atoms with Crippen LogP contribution in [0.2, 0.25) is 0 Å². The molecule has 0 radical (unpaired) electrons. The van der Waals surface area contributed by atoms with E-state index in [2.05, 4.69) is 31.8 Å². The molecule has 2 aliphatic rings. The molecule has 0 N–H and O–H groups in total. The van der Waals surface area contributed by atoms with Gasteiger partial charge >= 0.3 is 0 Å². The molecule has 1 aromatic rings. The number of aryl methyl sites for hydroxylation is 1. The molecule has 0 spiro atoms. The second kappa shape index (κ2) is 7.60. The van der Waals surface area contributed by atoms with E-state index in [1.807, 2.05) is 18.2 Å². The van der Waals surface area contributed by atoms with Crippen LogP contribution in [0.15, 0.2) is 28.7 Å². The second-order valence-corrected chi connectivity index (χ2v) is 7.30. The van der Waals surface area contributed by atoms with Crippen molar-refractivity contribution in [2.45, 2.75) is 44.6 Å². The fourth-order valence-corrected chi connectivity index (χ4v) is 3.89. The minimum absolute atomic E-state index is 0.311. The van der Waals surface area contributed by atoms with Crippen LogP contribution < -0.4 is 0 Å². The molecule has 0 aromatic heterocycles. The molecule has 120 valence electrons. The summed E-state index contributed by atoms with van der Waals surface area (Å²) in [5.74, 6) is 0.311. The maximum Gasteiger partial charge on any atom is 0.222 e. The Balaban J connectivity index is 1.48. The van der Waals surface area contributed by atoms with Gasteiger partial charge in [0.25, 0.3) is 0 Å². The lowest BCUT2D eigenvalue weighted by molar-refractivity contribution is -0.131. The highest BCUT2D eigenvalue weighted by Crippen LogP contribution is 2.25. The van der Waals surface area contributed by atoms with Gasteiger partial charge in [-0.2, -0.15) is 0 Å². The van der Waals surface area contributed by atoms with Crippen molar-refractivity contribution in [3.05, 3.63) is 34.3 Å². The van der Waals surface area contributed by atoms with E-state index in [0.29, 0.717) is 12.3 Å². The third-order valence-corrected chi connectivity index (χ3v) is 5.81. The summed E-state index contributed by atoms with van der Waals surface area (Å²) in [6.45, 7) is 4.06. The standard InChI is InChI=1S/C18H25BrN2O/c19-17-8-2-1-5-15(17)9-10-18(22)21-12-4-11-20(13-14-21)16-6-3-7-16/h1-2,5,8,16H,3-4,6-7,9-14H2. The summed E-state index contributed by atoms with van der Waals surface area (Å²) >= 11 is 3.56. The lowest BCUT2D eigenvalue weighted by Gasteiger charge is -2.36. The SMILES string of the molecule is O=C(CCc1ccccc1Br)N1CCCN(C2CCC2)CC1. The molecule has 3 nitrogen and oxygen atoms in total. The van der Waals surface area contributed by atoms with E-state index in [4.69, 9.17) is 0 Å². The number of nitrogens with zero attached hydrogens (tertiary/aromatic N) is 2. The van der Waals surface area contributed by atoms with Crippen molar-refractivity contribution in [2.24, 2.45) is 0 Å². The van der Waals surface area contributed by atoms with Crippen LogP contribution in [0.25, 0.3) is 0 Å². The topological polar surface area (TPSA) is 23.6 Å². The molecule has 0 bridgehead atoms. The molecule has 4 heteroatoms. The highest BCUT2D eigenvalue weighted by molar-refractivity contribution is 9.10. The van der Waals surface area contributed by atoms with Crippen molar-refractivity contribution in [3.63, 3.8) is 0 Å². The largest absolute Gasteiger partial charge is 0.341 e. The number of amides is 1. The number of hydrogen-bond acceptors (Lipinski definition) is 2. The van der Waals surface area contributed by atoms with Crippen molar-refractivity contribution < 1.29 is 4.79 Å². The van der Waals surface area contributed by atoms with E-state index in [-0.39, 0.29) is 0 Å². The molecule has 0 unspecified atom stereocenters. The summed E-state index contributed by atoms with van der Waals surface area (Å²) in [4.78, 5) is 17.2. The zero-order valence-corrected chi connectivity index (χ0v) is 14.7. The van der Waals surface area contributed by atoms with E-state index in [9.17, 15) is 4.79 Å². The number of rotatable bonds is 4. The third kappa shape index (κ3) is 3.90. The molecule has 22 heavy (non-hydrogen) atoms. The van der Waals surface area contributed by atoms with Gasteiger partial charge in [0.2, 0.25) is 5.91 Å². The van der Waals surface area contributed by atoms with Crippen molar-refractivity contribution in [1.29, 1.82) is 0 Å². The monoisotopic (exact) mass is 364 g/mol. The van der Waals surface area contributed by atoms with Gasteiger partial charge in [0.1, 0.15) is 0 Å². The van der Waals surface area contributed by atoms with Crippen LogP contribution in [0.3, 0.4) is 0 Å². The van der Waals surface area contributed by atoms with Crippen LogP contribution in [0, 0.1) is 0 Å². The third-order valence-electron chi connectivity index (χ3n) is 5.04. The Hall–Kier alpha value is -0.870. The van der Waals surface area contributed by atoms with Gasteiger partial charge in [-0.1, -0.05) is 40.5 Å². The first-order valence-electron chi connectivity index (χ1n) is 8.49. The molecular formula is C18H25BrN2O. The summed E-state index contributed by atoms with van der Waals surface area (Å²) in [6, 6.07) is 8.99. The van der Waals surface area contributed by atoms with Crippen molar-refractivity contribution in [1.82, 2.24) is 9.80 Å². The van der Waals surface area contributed by atoms with Gasteiger partial charge < -0.3 is 4.90 Å². The zero-order valence-electron chi connectivity index (χ0n) is 13.1. The molecular weight excluding hydrogens is 340 g/mol. The molecule has 1 saturated heterocycles. The Bertz CT molecular complexity index is 516. The van der Waals surface area contributed by atoms with Gasteiger partial charge in [-0.25, -0.2) is 0 Å². The van der Waals surface area contributed by atoms with E-state index < -0.39 is 0 Å². The summed E-state index contributed by atoms with van der Waals surface area (Å²) < 4.78 is 1.11. The minimum atomic E-state index is 0.311. The zero-order chi connectivity index (χ0) is 15.4. The first kappa shape index (κ1) is 16.0. The maximum absolute atomic E-state index is 12.5. The molecule has 1 aromatic carbocycles. The number of hydrogen-bond donors (Lipinski definition) is 0. The molecule has 3 rings (SSSR count). The van der Waals surface area contributed by atoms with Gasteiger partial charge in [0.05, 0.1) is 0 Å².